The summed E-state index contributed by atoms with van der Waals surface area (Å²) in [5.74, 6) is -1.94. The Labute approximate surface area is 224 Å². The number of carbonyl (C=O) groups excluding carboxylic acids is 2. The molecule has 0 aliphatic heterocycles. The number of thioether (sulfide) groups is 1. The SMILES string of the molecule is COC(=O)C(CC(NS(=O)(=O)c1ccc(C)cc1)c1cccc([N+](=O)[O-])c1)(Sc1ccccc1)C(=O)OC. The summed E-state index contributed by atoms with van der Waals surface area (Å²) in [5.41, 5.74) is 0.717. The van der Waals surface area contributed by atoms with E-state index in [4.69, 9.17) is 9.47 Å². The number of ether oxygens (including phenoxy) is 2. The monoisotopic (exact) mass is 558 g/mol. The van der Waals surface area contributed by atoms with Crippen molar-refractivity contribution in [2.45, 2.75) is 33.9 Å². The van der Waals surface area contributed by atoms with Crippen molar-refractivity contribution in [3.63, 3.8) is 0 Å². The van der Waals surface area contributed by atoms with Crippen LogP contribution in [0.25, 0.3) is 0 Å². The van der Waals surface area contributed by atoms with Gasteiger partial charge in [0.15, 0.2) is 0 Å². The number of esters is 2. The first-order valence-electron chi connectivity index (χ1n) is 11.3. The van der Waals surface area contributed by atoms with Crippen molar-refractivity contribution >= 4 is 39.4 Å². The van der Waals surface area contributed by atoms with Crippen LogP contribution in [0.2, 0.25) is 0 Å². The Morgan fingerprint density at radius 2 is 1.58 bits per heavy atom. The number of benzene rings is 3. The van der Waals surface area contributed by atoms with E-state index in [0.29, 0.717) is 4.90 Å². The molecule has 0 saturated carbocycles. The summed E-state index contributed by atoms with van der Waals surface area (Å²) < 4.78 is 37.2. The molecule has 38 heavy (non-hydrogen) atoms. The van der Waals surface area contributed by atoms with E-state index in [1.165, 1.54) is 36.4 Å². The largest absolute Gasteiger partial charge is 0.468 e. The first-order valence-corrected chi connectivity index (χ1v) is 13.6. The van der Waals surface area contributed by atoms with Crippen LogP contribution < -0.4 is 4.72 Å². The molecule has 200 valence electrons. The second kappa shape index (κ2) is 12.2. The van der Waals surface area contributed by atoms with Crippen molar-refractivity contribution in [2.24, 2.45) is 0 Å². The number of nitro groups is 1. The molecule has 0 fully saturated rings. The number of hydrogen-bond donors (Lipinski definition) is 1. The number of rotatable bonds is 11. The zero-order valence-electron chi connectivity index (χ0n) is 20.8. The third kappa shape index (κ3) is 6.57. The molecular formula is C26H26N2O8S2. The van der Waals surface area contributed by atoms with Gasteiger partial charge in [-0.3, -0.25) is 10.1 Å². The molecule has 1 atom stereocenters. The van der Waals surface area contributed by atoms with Crippen LogP contribution in [0.4, 0.5) is 5.69 Å². The van der Waals surface area contributed by atoms with E-state index < -0.39 is 44.1 Å². The Morgan fingerprint density at radius 1 is 0.974 bits per heavy atom. The van der Waals surface area contributed by atoms with Crippen molar-refractivity contribution < 1.29 is 32.4 Å². The van der Waals surface area contributed by atoms with Crippen molar-refractivity contribution in [3.8, 4) is 0 Å². The molecule has 0 spiro atoms. The molecule has 0 bridgehead atoms. The molecule has 3 aromatic rings. The molecule has 1 N–H and O–H groups in total. The Balaban J connectivity index is 2.17. The molecule has 0 amide bonds. The van der Waals surface area contributed by atoms with Crippen LogP contribution in [0.1, 0.15) is 23.6 Å². The maximum atomic E-state index is 13.4. The zero-order valence-corrected chi connectivity index (χ0v) is 22.5. The van der Waals surface area contributed by atoms with E-state index in [2.05, 4.69) is 4.72 Å². The van der Waals surface area contributed by atoms with Gasteiger partial charge in [-0.25, -0.2) is 22.7 Å². The van der Waals surface area contributed by atoms with Crippen molar-refractivity contribution in [2.75, 3.05) is 14.2 Å². The topological polar surface area (TPSA) is 142 Å². The quantitative estimate of drug-likeness (QED) is 0.120. The summed E-state index contributed by atoms with van der Waals surface area (Å²) in [6.07, 6.45) is -0.474. The normalized spacial score (nSPS) is 12.4. The van der Waals surface area contributed by atoms with Gasteiger partial charge in [-0.1, -0.05) is 59.8 Å². The van der Waals surface area contributed by atoms with Gasteiger partial charge in [-0.15, -0.1) is 0 Å². The van der Waals surface area contributed by atoms with E-state index in [0.717, 1.165) is 31.5 Å². The first-order chi connectivity index (χ1) is 18.0. The number of non-ortho nitro benzene ring substituents is 1. The fraction of sp³-hybridized carbons (Fsp3) is 0.231. The highest BCUT2D eigenvalue weighted by Crippen LogP contribution is 2.42. The highest BCUT2D eigenvalue weighted by molar-refractivity contribution is 8.02. The Bertz CT molecular complexity index is 1390. The lowest BCUT2D eigenvalue weighted by Crippen LogP contribution is -2.48. The molecule has 0 aliphatic carbocycles. The second-order valence-electron chi connectivity index (χ2n) is 8.27. The van der Waals surface area contributed by atoms with Gasteiger partial charge in [0.25, 0.3) is 5.69 Å². The van der Waals surface area contributed by atoms with Gasteiger partial charge in [0.2, 0.25) is 14.8 Å². The zero-order chi connectivity index (χ0) is 27.9. The predicted octanol–water partition coefficient (Wildman–Crippen LogP) is 4.19. The van der Waals surface area contributed by atoms with Crippen LogP contribution in [-0.4, -0.2) is 44.2 Å². The third-order valence-corrected chi connectivity index (χ3v) is 8.51. The number of carbonyl (C=O) groups is 2. The lowest BCUT2D eigenvalue weighted by Gasteiger charge is -2.31. The lowest BCUT2D eigenvalue weighted by molar-refractivity contribution is -0.384. The maximum absolute atomic E-state index is 13.4. The van der Waals surface area contributed by atoms with Crippen molar-refractivity contribution in [1.82, 2.24) is 4.72 Å². The number of nitro benzene ring substituents is 1. The third-order valence-electron chi connectivity index (χ3n) is 5.67. The number of nitrogens with one attached hydrogen (secondary N) is 1. The average molecular weight is 559 g/mol. The van der Waals surface area contributed by atoms with Gasteiger partial charge in [-0.05, 0) is 36.8 Å². The summed E-state index contributed by atoms with van der Waals surface area (Å²) in [5, 5.41) is 11.5. The molecule has 0 saturated heterocycles. The number of hydrogen-bond acceptors (Lipinski definition) is 9. The minimum absolute atomic E-state index is 0.0593. The van der Waals surface area contributed by atoms with Crippen LogP contribution in [0.5, 0.6) is 0 Å². The maximum Gasteiger partial charge on any atom is 0.333 e. The van der Waals surface area contributed by atoms with Crippen molar-refractivity contribution in [3.05, 3.63) is 100 Å². The van der Waals surface area contributed by atoms with E-state index >= 15 is 0 Å². The number of aryl methyl sites for hydroxylation is 1. The van der Waals surface area contributed by atoms with Gasteiger partial charge < -0.3 is 9.47 Å². The number of methoxy groups -OCH3 is 2. The Hall–Kier alpha value is -3.74. The fourth-order valence-corrected chi connectivity index (χ4v) is 6.24. The molecule has 3 aromatic carbocycles. The van der Waals surface area contributed by atoms with Crippen LogP contribution in [0.3, 0.4) is 0 Å². The summed E-state index contributed by atoms with van der Waals surface area (Å²) >= 11 is 0.841. The summed E-state index contributed by atoms with van der Waals surface area (Å²) in [7, 11) is -2.00. The summed E-state index contributed by atoms with van der Waals surface area (Å²) in [6.45, 7) is 1.80. The molecule has 0 radical (unpaired) electrons. The van der Waals surface area contributed by atoms with Gasteiger partial charge in [0, 0.05) is 29.5 Å². The van der Waals surface area contributed by atoms with E-state index in [9.17, 15) is 28.1 Å². The van der Waals surface area contributed by atoms with Gasteiger partial charge in [0.05, 0.1) is 24.0 Å². The molecule has 0 aliphatic rings. The fourth-order valence-electron chi connectivity index (χ4n) is 3.74. The summed E-state index contributed by atoms with van der Waals surface area (Å²) in [6, 6.07) is 18.6. The molecule has 12 heteroatoms. The van der Waals surface area contributed by atoms with E-state index in [1.54, 1.807) is 49.4 Å². The minimum atomic E-state index is -4.20. The van der Waals surface area contributed by atoms with Crippen LogP contribution in [0.15, 0.2) is 88.7 Å². The standard InChI is InChI=1S/C26H26N2O8S2/c1-18-12-14-22(15-13-18)38(33,34)27-23(19-8-7-9-20(16-19)28(31)32)17-26(24(29)35-2,25(30)36-3)37-21-10-5-4-6-11-21/h4-16,23,27H,17H2,1-3H3. The van der Waals surface area contributed by atoms with Gasteiger partial charge in [0.1, 0.15) is 0 Å². The van der Waals surface area contributed by atoms with E-state index in [-0.39, 0.29) is 16.1 Å². The minimum Gasteiger partial charge on any atom is -0.468 e. The first kappa shape index (κ1) is 28.8. The highest BCUT2D eigenvalue weighted by atomic mass is 32.2. The molecule has 1 unspecified atom stereocenters. The average Bonchev–Trinajstić information content (AvgIpc) is 2.92. The lowest BCUT2D eigenvalue weighted by atomic mass is 9.94. The smallest absolute Gasteiger partial charge is 0.333 e. The summed E-state index contributed by atoms with van der Waals surface area (Å²) in [4.78, 5) is 37.7. The second-order valence-corrected chi connectivity index (χ2v) is 11.4. The molecule has 0 heterocycles. The predicted molar refractivity (Wildman–Crippen MR) is 141 cm³/mol. The highest BCUT2D eigenvalue weighted by Gasteiger charge is 2.52. The van der Waals surface area contributed by atoms with E-state index in [1.807, 2.05) is 0 Å². The molecular weight excluding hydrogens is 532 g/mol. The van der Waals surface area contributed by atoms with Gasteiger partial charge in [-0.2, -0.15) is 0 Å². The van der Waals surface area contributed by atoms with Gasteiger partial charge >= 0.3 is 11.9 Å². The molecule has 10 nitrogen and oxygen atoms in total. The number of sulfonamides is 1. The van der Waals surface area contributed by atoms with Crippen LogP contribution in [-0.2, 0) is 29.1 Å². The molecule has 3 rings (SSSR count). The van der Waals surface area contributed by atoms with Crippen LogP contribution >= 0.6 is 11.8 Å². The molecule has 0 aromatic heterocycles. The van der Waals surface area contributed by atoms with Crippen molar-refractivity contribution in [1.29, 1.82) is 0 Å². The Morgan fingerprint density at radius 3 is 2.13 bits per heavy atom. The number of nitrogens with zero attached hydrogens (tertiary/aromatic N) is 1. The Kier molecular flexibility index (Phi) is 9.26. The van der Waals surface area contributed by atoms with Crippen LogP contribution in [0, 0.1) is 17.0 Å².